The van der Waals surface area contributed by atoms with E-state index in [0.717, 1.165) is 16.5 Å². The average molecular weight is 246 g/mol. The van der Waals surface area contributed by atoms with Crippen LogP contribution in [0.1, 0.15) is 0 Å². The van der Waals surface area contributed by atoms with Gasteiger partial charge in [-0.05, 0) is 35.0 Å². The van der Waals surface area contributed by atoms with Crippen molar-refractivity contribution in [3.05, 3.63) is 36.4 Å². The van der Waals surface area contributed by atoms with Gasteiger partial charge in [0, 0.05) is 0 Å². The van der Waals surface area contributed by atoms with Gasteiger partial charge in [-0.1, -0.05) is 12.1 Å². The number of hydrazine groups is 1. The van der Waals surface area contributed by atoms with Gasteiger partial charge in [-0.25, -0.2) is 5.84 Å². The van der Waals surface area contributed by atoms with E-state index in [1.165, 1.54) is 0 Å². The number of hydrogen-bond acceptors (Lipinski definition) is 4. The molecule has 1 amide bonds. The molecule has 18 heavy (non-hydrogen) atoms. The van der Waals surface area contributed by atoms with Crippen LogP contribution in [-0.2, 0) is 4.79 Å². The minimum Gasteiger partial charge on any atom is -0.497 e. The number of nitrogens with two attached hydrogens (primary N) is 1. The first-order valence-corrected chi connectivity index (χ1v) is 5.43. The first kappa shape index (κ1) is 12.2. The highest BCUT2D eigenvalue weighted by Gasteiger charge is 2.02. The van der Waals surface area contributed by atoms with E-state index in [4.69, 9.17) is 15.3 Å². The number of nitrogens with one attached hydrogen (secondary N) is 1. The van der Waals surface area contributed by atoms with Gasteiger partial charge in [0.25, 0.3) is 5.91 Å². The Bertz CT molecular complexity index is 569. The molecule has 0 fully saturated rings. The first-order chi connectivity index (χ1) is 8.72. The summed E-state index contributed by atoms with van der Waals surface area (Å²) in [5.41, 5.74) is 2.01. The first-order valence-electron chi connectivity index (χ1n) is 5.43. The van der Waals surface area contributed by atoms with Crippen molar-refractivity contribution in [1.82, 2.24) is 5.43 Å². The lowest BCUT2D eigenvalue weighted by Crippen LogP contribution is -2.34. The number of rotatable bonds is 4. The van der Waals surface area contributed by atoms with Crippen molar-refractivity contribution in [2.75, 3.05) is 13.7 Å². The highest BCUT2D eigenvalue weighted by Crippen LogP contribution is 2.24. The lowest BCUT2D eigenvalue weighted by molar-refractivity contribution is -0.123. The zero-order valence-corrected chi connectivity index (χ0v) is 9.97. The van der Waals surface area contributed by atoms with Crippen LogP contribution in [0.5, 0.6) is 11.5 Å². The summed E-state index contributed by atoms with van der Waals surface area (Å²) >= 11 is 0. The lowest BCUT2D eigenvalue weighted by atomic mass is 10.1. The Hall–Kier alpha value is -2.27. The molecule has 0 aromatic heterocycles. The normalized spacial score (nSPS) is 10.1. The van der Waals surface area contributed by atoms with Gasteiger partial charge in [0.1, 0.15) is 11.5 Å². The third kappa shape index (κ3) is 2.70. The summed E-state index contributed by atoms with van der Waals surface area (Å²) in [6.07, 6.45) is 0. The fourth-order valence-electron chi connectivity index (χ4n) is 1.61. The van der Waals surface area contributed by atoms with Gasteiger partial charge in [0.15, 0.2) is 6.61 Å². The summed E-state index contributed by atoms with van der Waals surface area (Å²) in [5.74, 6) is 6.02. The SMILES string of the molecule is COc1ccc2cc(OCC(=O)NN)ccc2c1. The zero-order chi connectivity index (χ0) is 13.0. The molecule has 2 aromatic rings. The molecule has 0 saturated heterocycles. The van der Waals surface area contributed by atoms with Crippen molar-refractivity contribution in [3.8, 4) is 11.5 Å². The molecule has 0 aliphatic carbocycles. The molecule has 3 N–H and O–H groups in total. The minimum atomic E-state index is -0.371. The highest BCUT2D eigenvalue weighted by molar-refractivity contribution is 5.85. The van der Waals surface area contributed by atoms with E-state index in [2.05, 4.69) is 0 Å². The van der Waals surface area contributed by atoms with E-state index >= 15 is 0 Å². The Morgan fingerprint density at radius 2 is 1.78 bits per heavy atom. The maximum Gasteiger partial charge on any atom is 0.271 e. The van der Waals surface area contributed by atoms with Crippen molar-refractivity contribution in [1.29, 1.82) is 0 Å². The Morgan fingerprint density at radius 3 is 2.39 bits per heavy atom. The monoisotopic (exact) mass is 246 g/mol. The van der Waals surface area contributed by atoms with Gasteiger partial charge in [-0.2, -0.15) is 0 Å². The summed E-state index contributed by atoms with van der Waals surface area (Å²) in [4.78, 5) is 11.0. The van der Waals surface area contributed by atoms with Crippen LogP contribution < -0.4 is 20.7 Å². The molecule has 0 bridgehead atoms. The lowest BCUT2D eigenvalue weighted by Gasteiger charge is -2.07. The van der Waals surface area contributed by atoms with E-state index in [0.29, 0.717) is 5.75 Å². The number of benzene rings is 2. The third-order valence-corrected chi connectivity index (χ3v) is 2.55. The van der Waals surface area contributed by atoms with Crippen molar-refractivity contribution >= 4 is 16.7 Å². The molecule has 2 aromatic carbocycles. The summed E-state index contributed by atoms with van der Waals surface area (Å²) < 4.78 is 10.4. The number of carbonyl (C=O) groups excluding carboxylic acids is 1. The predicted octanol–water partition coefficient (Wildman–Crippen LogP) is 1.22. The van der Waals surface area contributed by atoms with Gasteiger partial charge in [0.05, 0.1) is 7.11 Å². The van der Waals surface area contributed by atoms with Crippen LogP contribution in [0.25, 0.3) is 10.8 Å². The second-order valence-corrected chi connectivity index (χ2v) is 3.73. The maximum absolute atomic E-state index is 11.0. The standard InChI is InChI=1S/C13H14N2O3/c1-17-11-4-2-10-7-12(5-3-9(10)6-11)18-8-13(16)15-14/h2-7H,8,14H2,1H3,(H,15,16). The molecule has 0 unspecified atom stereocenters. The van der Waals surface area contributed by atoms with E-state index in [-0.39, 0.29) is 12.5 Å². The molecule has 0 saturated carbocycles. The van der Waals surface area contributed by atoms with Crippen molar-refractivity contribution in [2.45, 2.75) is 0 Å². The van der Waals surface area contributed by atoms with Crippen LogP contribution in [-0.4, -0.2) is 19.6 Å². The van der Waals surface area contributed by atoms with Crippen molar-refractivity contribution in [3.63, 3.8) is 0 Å². The summed E-state index contributed by atoms with van der Waals surface area (Å²) in [6, 6.07) is 11.3. The molecule has 5 nitrogen and oxygen atoms in total. The molecular weight excluding hydrogens is 232 g/mol. The van der Waals surface area contributed by atoms with E-state index in [9.17, 15) is 4.79 Å². The highest BCUT2D eigenvalue weighted by atomic mass is 16.5. The Balaban J connectivity index is 2.20. The zero-order valence-electron chi connectivity index (χ0n) is 9.97. The second-order valence-electron chi connectivity index (χ2n) is 3.73. The Kier molecular flexibility index (Phi) is 3.64. The molecule has 0 aliphatic rings. The van der Waals surface area contributed by atoms with Gasteiger partial charge in [-0.15, -0.1) is 0 Å². The van der Waals surface area contributed by atoms with E-state index in [1.807, 2.05) is 35.8 Å². The van der Waals surface area contributed by atoms with E-state index < -0.39 is 0 Å². The molecular formula is C13H14N2O3. The largest absolute Gasteiger partial charge is 0.497 e. The second kappa shape index (κ2) is 5.37. The number of ether oxygens (including phenoxy) is 2. The van der Waals surface area contributed by atoms with Crippen molar-refractivity contribution < 1.29 is 14.3 Å². The van der Waals surface area contributed by atoms with E-state index in [1.54, 1.807) is 13.2 Å². The number of carbonyl (C=O) groups is 1. The van der Waals surface area contributed by atoms with Gasteiger partial charge < -0.3 is 9.47 Å². The predicted molar refractivity (Wildman–Crippen MR) is 68.3 cm³/mol. The Labute approximate surface area is 104 Å². The maximum atomic E-state index is 11.0. The number of fused-ring (bicyclic) bond motifs is 1. The van der Waals surface area contributed by atoms with Crippen LogP contribution in [0.4, 0.5) is 0 Å². The molecule has 94 valence electrons. The molecule has 0 radical (unpaired) electrons. The molecule has 5 heteroatoms. The molecule has 2 rings (SSSR count). The molecule has 0 spiro atoms. The minimum absolute atomic E-state index is 0.0990. The topological polar surface area (TPSA) is 73.6 Å². The number of methoxy groups -OCH3 is 1. The molecule has 0 heterocycles. The molecule has 0 aliphatic heterocycles. The third-order valence-electron chi connectivity index (χ3n) is 2.55. The van der Waals surface area contributed by atoms with Crippen molar-refractivity contribution in [2.24, 2.45) is 5.84 Å². The molecule has 0 atom stereocenters. The van der Waals surface area contributed by atoms with Crippen LogP contribution >= 0.6 is 0 Å². The smallest absolute Gasteiger partial charge is 0.271 e. The van der Waals surface area contributed by atoms with Crippen LogP contribution in [0.3, 0.4) is 0 Å². The van der Waals surface area contributed by atoms with Crippen LogP contribution in [0, 0.1) is 0 Å². The van der Waals surface area contributed by atoms with Crippen LogP contribution in [0.15, 0.2) is 36.4 Å². The summed E-state index contributed by atoms with van der Waals surface area (Å²) in [5, 5.41) is 2.06. The number of hydrogen-bond donors (Lipinski definition) is 2. The summed E-state index contributed by atoms with van der Waals surface area (Å²) in [7, 11) is 1.63. The Morgan fingerprint density at radius 1 is 1.17 bits per heavy atom. The van der Waals surface area contributed by atoms with Gasteiger partial charge in [0.2, 0.25) is 0 Å². The fourth-order valence-corrected chi connectivity index (χ4v) is 1.61. The quantitative estimate of drug-likeness (QED) is 0.483. The summed E-state index contributed by atoms with van der Waals surface area (Å²) in [6.45, 7) is -0.0990. The van der Waals surface area contributed by atoms with Gasteiger partial charge >= 0.3 is 0 Å². The average Bonchev–Trinajstić information content (AvgIpc) is 2.43. The van der Waals surface area contributed by atoms with Gasteiger partial charge in [-0.3, -0.25) is 10.2 Å². The number of amides is 1. The fraction of sp³-hybridized carbons (Fsp3) is 0.154. The van der Waals surface area contributed by atoms with Crippen LogP contribution in [0.2, 0.25) is 0 Å².